The molecule has 1 aliphatic heterocycles. The third-order valence-electron chi connectivity index (χ3n) is 4.33. The van der Waals surface area contributed by atoms with Gasteiger partial charge < -0.3 is 20.5 Å². The molecule has 0 atom stereocenters. The van der Waals surface area contributed by atoms with Gasteiger partial charge in [-0.15, -0.1) is 0 Å². The van der Waals surface area contributed by atoms with Gasteiger partial charge in [0.2, 0.25) is 5.91 Å². The van der Waals surface area contributed by atoms with Crippen LogP contribution in [0.3, 0.4) is 0 Å². The van der Waals surface area contributed by atoms with Crippen molar-refractivity contribution < 1.29 is 24.2 Å². The number of fused-ring (bicyclic) bond motifs is 1. The number of aliphatic carboxylic acids is 1. The van der Waals surface area contributed by atoms with Gasteiger partial charge in [-0.25, -0.2) is 0 Å². The first-order valence-electron chi connectivity index (χ1n) is 7.63. The Hall–Kier alpha value is -2.57. The summed E-state index contributed by atoms with van der Waals surface area (Å²) < 4.78 is 5.32. The lowest BCUT2D eigenvalue weighted by atomic mass is 9.81. The van der Waals surface area contributed by atoms with Gasteiger partial charge in [0.05, 0.1) is 11.6 Å². The van der Waals surface area contributed by atoms with Crippen LogP contribution in [0.4, 0.5) is 11.4 Å². The number of ether oxygens (including phenoxy) is 1. The van der Waals surface area contributed by atoms with E-state index in [-0.39, 0.29) is 30.3 Å². The van der Waals surface area contributed by atoms with Gasteiger partial charge >= 0.3 is 5.97 Å². The van der Waals surface area contributed by atoms with Crippen molar-refractivity contribution in [2.24, 2.45) is 11.8 Å². The SMILES string of the molecule is O=C1COc2cc(NC(=O)C3CCC(C(=O)O)CC3)ccc2N1. The topological polar surface area (TPSA) is 105 Å². The molecule has 7 heteroatoms. The van der Waals surface area contributed by atoms with Crippen LogP contribution in [0.25, 0.3) is 0 Å². The molecule has 0 bridgehead atoms. The molecular weight excluding hydrogens is 300 g/mol. The monoisotopic (exact) mass is 318 g/mol. The van der Waals surface area contributed by atoms with Crippen LogP contribution < -0.4 is 15.4 Å². The molecule has 2 amide bonds. The number of carbonyl (C=O) groups is 3. The van der Waals surface area contributed by atoms with Gasteiger partial charge in [0.1, 0.15) is 5.75 Å². The molecule has 1 fully saturated rings. The number of amides is 2. The summed E-state index contributed by atoms with van der Waals surface area (Å²) in [4.78, 5) is 34.5. The second kappa shape index (κ2) is 6.28. The van der Waals surface area contributed by atoms with Gasteiger partial charge in [0.25, 0.3) is 5.91 Å². The number of carbonyl (C=O) groups excluding carboxylic acids is 2. The van der Waals surface area contributed by atoms with E-state index in [1.807, 2.05) is 0 Å². The molecule has 122 valence electrons. The molecule has 0 radical (unpaired) electrons. The zero-order valence-corrected chi connectivity index (χ0v) is 12.5. The normalized spacial score (nSPS) is 23.2. The molecule has 1 aromatic rings. The van der Waals surface area contributed by atoms with Crippen LogP contribution in [-0.2, 0) is 14.4 Å². The summed E-state index contributed by atoms with van der Waals surface area (Å²) in [7, 11) is 0. The molecule has 7 nitrogen and oxygen atoms in total. The Morgan fingerprint density at radius 2 is 1.87 bits per heavy atom. The van der Waals surface area contributed by atoms with E-state index in [1.54, 1.807) is 18.2 Å². The van der Waals surface area contributed by atoms with Crippen molar-refractivity contribution >= 4 is 29.2 Å². The lowest BCUT2D eigenvalue weighted by molar-refractivity contribution is -0.143. The lowest BCUT2D eigenvalue weighted by Gasteiger charge is -2.25. The highest BCUT2D eigenvalue weighted by atomic mass is 16.5. The molecule has 0 spiro atoms. The first-order chi connectivity index (χ1) is 11.0. The predicted molar refractivity (Wildman–Crippen MR) is 82.3 cm³/mol. The Morgan fingerprint density at radius 3 is 2.57 bits per heavy atom. The van der Waals surface area contributed by atoms with Crippen molar-refractivity contribution in [1.82, 2.24) is 0 Å². The van der Waals surface area contributed by atoms with Crippen molar-refractivity contribution in [2.45, 2.75) is 25.7 Å². The Labute approximate surface area is 133 Å². The molecule has 3 rings (SSSR count). The van der Waals surface area contributed by atoms with Crippen LogP contribution in [-0.4, -0.2) is 29.5 Å². The zero-order chi connectivity index (χ0) is 16.4. The number of anilines is 2. The average molecular weight is 318 g/mol. The molecule has 2 aliphatic rings. The Bertz CT molecular complexity index is 650. The summed E-state index contributed by atoms with van der Waals surface area (Å²) in [5.74, 6) is -1.06. The summed E-state index contributed by atoms with van der Waals surface area (Å²) in [5, 5.41) is 14.5. The van der Waals surface area contributed by atoms with Crippen molar-refractivity contribution in [1.29, 1.82) is 0 Å². The first kappa shape index (κ1) is 15.3. The maximum Gasteiger partial charge on any atom is 0.306 e. The molecule has 0 unspecified atom stereocenters. The van der Waals surface area contributed by atoms with Gasteiger partial charge in [-0.05, 0) is 37.8 Å². The minimum atomic E-state index is -0.780. The lowest BCUT2D eigenvalue weighted by Crippen LogP contribution is -2.29. The summed E-state index contributed by atoms with van der Waals surface area (Å²) >= 11 is 0. The van der Waals surface area contributed by atoms with Crippen LogP contribution in [0.2, 0.25) is 0 Å². The molecule has 3 N–H and O–H groups in total. The molecule has 1 aromatic carbocycles. The van der Waals surface area contributed by atoms with Gasteiger partial charge in [-0.2, -0.15) is 0 Å². The zero-order valence-electron chi connectivity index (χ0n) is 12.5. The fraction of sp³-hybridized carbons (Fsp3) is 0.438. The third-order valence-corrected chi connectivity index (χ3v) is 4.33. The highest BCUT2D eigenvalue weighted by molar-refractivity contribution is 5.97. The van der Waals surface area contributed by atoms with E-state index in [4.69, 9.17) is 9.84 Å². The largest absolute Gasteiger partial charge is 0.482 e. The number of hydrogen-bond donors (Lipinski definition) is 3. The maximum absolute atomic E-state index is 12.3. The van der Waals surface area contributed by atoms with Gasteiger partial charge in [-0.1, -0.05) is 0 Å². The van der Waals surface area contributed by atoms with Gasteiger partial charge in [-0.3, -0.25) is 14.4 Å². The molecule has 0 aromatic heterocycles. The number of carboxylic acids is 1. The highest BCUT2D eigenvalue weighted by Crippen LogP contribution is 2.32. The Kier molecular flexibility index (Phi) is 4.18. The number of carboxylic acid groups (broad SMARTS) is 1. The van der Waals surface area contributed by atoms with Crippen LogP contribution in [0.1, 0.15) is 25.7 Å². The summed E-state index contributed by atoms with van der Waals surface area (Å²) in [6, 6.07) is 5.06. The molecule has 0 saturated heterocycles. The number of nitrogens with one attached hydrogen (secondary N) is 2. The maximum atomic E-state index is 12.3. The molecule has 1 aliphatic carbocycles. The van der Waals surface area contributed by atoms with E-state index in [1.165, 1.54) is 0 Å². The first-order valence-corrected chi connectivity index (χ1v) is 7.63. The number of rotatable bonds is 3. The molecular formula is C16H18N2O5. The number of hydrogen-bond acceptors (Lipinski definition) is 4. The quantitative estimate of drug-likeness (QED) is 0.789. The van der Waals surface area contributed by atoms with Crippen LogP contribution >= 0.6 is 0 Å². The summed E-state index contributed by atoms with van der Waals surface area (Å²) in [5.41, 5.74) is 1.19. The van der Waals surface area contributed by atoms with Gasteiger partial charge in [0.15, 0.2) is 6.61 Å². The minimum absolute atomic E-state index is 0.0381. The van der Waals surface area contributed by atoms with Crippen LogP contribution in [0.15, 0.2) is 18.2 Å². The van der Waals surface area contributed by atoms with E-state index in [0.717, 1.165) is 0 Å². The Morgan fingerprint density at radius 1 is 1.17 bits per heavy atom. The standard InChI is InChI=1S/C16H18N2O5/c19-14-8-23-13-7-11(5-6-12(13)18-14)17-15(20)9-1-3-10(4-2-9)16(21)22/h5-7,9-10H,1-4,8H2,(H,17,20)(H,18,19)(H,21,22). The summed E-state index contributed by atoms with van der Waals surface area (Å²) in [6.45, 7) is -0.0381. The third kappa shape index (κ3) is 3.44. The van der Waals surface area contributed by atoms with Crippen molar-refractivity contribution in [3.8, 4) is 5.75 Å². The van der Waals surface area contributed by atoms with E-state index >= 15 is 0 Å². The fourth-order valence-corrected chi connectivity index (χ4v) is 3.00. The second-order valence-electron chi connectivity index (χ2n) is 5.92. The van der Waals surface area contributed by atoms with E-state index < -0.39 is 5.97 Å². The fourth-order valence-electron chi connectivity index (χ4n) is 3.00. The number of benzene rings is 1. The highest BCUT2D eigenvalue weighted by Gasteiger charge is 2.29. The molecule has 23 heavy (non-hydrogen) atoms. The average Bonchev–Trinajstić information content (AvgIpc) is 2.55. The minimum Gasteiger partial charge on any atom is -0.482 e. The Balaban J connectivity index is 1.60. The van der Waals surface area contributed by atoms with Crippen molar-refractivity contribution in [2.75, 3.05) is 17.2 Å². The van der Waals surface area contributed by atoms with Crippen LogP contribution in [0.5, 0.6) is 5.75 Å². The molecule has 1 heterocycles. The smallest absolute Gasteiger partial charge is 0.306 e. The second-order valence-corrected chi connectivity index (χ2v) is 5.92. The van der Waals surface area contributed by atoms with Crippen molar-refractivity contribution in [3.63, 3.8) is 0 Å². The molecule has 1 saturated carbocycles. The van der Waals surface area contributed by atoms with Crippen LogP contribution in [0, 0.1) is 11.8 Å². The van der Waals surface area contributed by atoms with E-state index in [2.05, 4.69) is 10.6 Å². The van der Waals surface area contributed by atoms with E-state index in [9.17, 15) is 14.4 Å². The van der Waals surface area contributed by atoms with Crippen molar-refractivity contribution in [3.05, 3.63) is 18.2 Å². The summed E-state index contributed by atoms with van der Waals surface area (Å²) in [6.07, 6.45) is 2.24. The van der Waals surface area contributed by atoms with E-state index in [0.29, 0.717) is 42.8 Å². The predicted octanol–water partition coefficient (Wildman–Crippen LogP) is 1.85. The van der Waals surface area contributed by atoms with Gasteiger partial charge in [0, 0.05) is 17.7 Å².